The van der Waals surface area contributed by atoms with Crippen LogP contribution >= 0.6 is 0 Å². The smallest absolute Gasteiger partial charge is 0.280 e. The van der Waals surface area contributed by atoms with Gasteiger partial charge in [0.2, 0.25) is 5.75 Å². The second kappa shape index (κ2) is 13.3. The molecule has 1 aliphatic heterocycles. The van der Waals surface area contributed by atoms with Crippen molar-refractivity contribution in [1.82, 2.24) is 19.9 Å². The van der Waals surface area contributed by atoms with Crippen LogP contribution < -0.4 is 18.9 Å². The maximum absolute atomic E-state index is 13.6. The molecule has 13 heteroatoms. The number of hydrogen-bond acceptors (Lipinski definition) is 11. The number of aromatic nitrogens is 4. The lowest BCUT2D eigenvalue weighted by atomic mass is 10.1. The van der Waals surface area contributed by atoms with E-state index in [2.05, 4.69) is 24.7 Å². The molecule has 1 aliphatic rings. The van der Waals surface area contributed by atoms with Crippen molar-refractivity contribution in [2.75, 3.05) is 25.0 Å². The number of anilines is 1. The van der Waals surface area contributed by atoms with Crippen molar-refractivity contribution in [2.45, 2.75) is 50.3 Å². The Kier molecular flexibility index (Phi) is 9.34. The van der Waals surface area contributed by atoms with Gasteiger partial charge in [-0.05, 0) is 54.7 Å². The van der Waals surface area contributed by atoms with E-state index in [0.29, 0.717) is 23.6 Å². The Morgan fingerprint density at radius 3 is 2.58 bits per heavy atom. The molecule has 0 spiro atoms. The van der Waals surface area contributed by atoms with Crippen molar-refractivity contribution in [3.05, 3.63) is 72.2 Å². The first-order chi connectivity index (χ1) is 20.8. The number of benzene rings is 1. The molecule has 1 unspecified atom stereocenters. The summed E-state index contributed by atoms with van der Waals surface area (Å²) in [6.07, 6.45) is 4.58. The monoisotopic (exact) mass is 607 g/mol. The average Bonchev–Trinajstić information content (AvgIpc) is 3.55. The molecule has 5 rings (SSSR count). The lowest BCUT2D eigenvalue weighted by Crippen LogP contribution is -2.19. The summed E-state index contributed by atoms with van der Waals surface area (Å²) in [6.45, 7) is 4.46. The van der Waals surface area contributed by atoms with Crippen LogP contribution in [0.5, 0.6) is 23.1 Å². The van der Waals surface area contributed by atoms with E-state index in [-0.39, 0.29) is 59.3 Å². The summed E-state index contributed by atoms with van der Waals surface area (Å²) in [7, 11) is -2.75. The fraction of sp³-hybridized carbons (Fsp3) is 0.333. The van der Waals surface area contributed by atoms with Crippen LogP contribution in [0.1, 0.15) is 43.9 Å². The van der Waals surface area contributed by atoms with E-state index in [9.17, 15) is 13.5 Å². The van der Waals surface area contributed by atoms with Crippen molar-refractivity contribution in [2.24, 2.45) is 0 Å². The molecule has 1 saturated heterocycles. The van der Waals surface area contributed by atoms with Crippen molar-refractivity contribution >= 4 is 15.8 Å². The van der Waals surface area contributed by atoms with E-state index in [1.165, 1.54) is 25.6 Å². The third-order valence-corrected chi connectivity index (χ3v) is 7.97. The van der Waals surface area contributed by atoms with Gasteiger partial charge in [-0.15, -0.1) is 0 Å². The zero-order valence-corrected chi connectivity index (χ0v) is 24.9. The van der Waals surface area contributed by atoms with E-state index in [4.69, 9.17) is 18.9 Å². The zero-order valence-electron chi connectivity index (χ0n) is 24.1. The summed E-state index contributed by atoms with van der Waals surface area (Å²) in [5.74, 6) is 0.700. The SMILES string of the molecule is COc1ccccc1Oc1c(NS(=O)(=O)c2ccc(C(C)C)cn2)nc(-c2ccnc(CO)c2)nc1OCC1CCCO1. The molecule has 0 bridgehead atoms. The van der Waals surface area contributed by atoms with Crippen LogP contribution in [0.3, 0.4) is 0 Å². The summed E-state index contributed by atoms with van der Waals surface area (Å²) in [6, 6.07) is 13.3. The number of methoxy groups -OCH3 is 1. The van der Waals surface area contributed by atoms with E-state index in [1.807, 2.05) is 13.8 Å². The van der Waals surface area contributed by atoms with Gasteiger partial charge in [0.1, 0.15) is 6.61 Å². The predicted molar refractivity (Wildman–Crippen MR) is 158 cm³/mol. The van der Waals surface area contributed by atoms with Crippen molar-refractivity contribution in [1.29, 1.82) is 0 Å². The van der Waals surface area contributed by atoms with Crippen molar-refractivity contribution < 1.29 is 32.5 Å². The zero-order chi connectivity index (χ0) is 30.4. The highest BCUT2D eigenvalue weighted by molar-refractivity contribution is 7.92. The molecule has 0 radical (unpaired) electrons. The number of nitrogens with one attached hydrogen (secondary N) is 1. The van der Waals surface area contributed by atoms with E-state index in [0.717, 1.165) is 18.4 Å². The Morgan fingerprint density at radius 1 is 1.09 bits per heavy atom. The lowest BCUT2D eigenvalue weighted by molar-refractivity contribution is 0.0654. The maximum Gasteiger partial charge on any atom is 0.280 e. The van der Waals surface area contributed by atoms with E-state index >= 15 is 0 Å². The Balaban J connectivity index is 1.64. The van der Waals surface area contributed by atoms with E-state index < -0.39 is 10.0 Å². The second-order valence-corrected chi connectivity index (χ2v) is 11.7. The first-order valence-electron chi connectivity index (χ1n) is 13.8. The minimum absolute atomic E-state index is 0.0189. The number of ether oxygens (including phenoxy) is 4. The molecular weight excluding hydrogens is 574 g/mol. The second-order valence-electron chi connectivity index (χ2n) is 10.1. The number of rotatable bonds is 12. The highest BCUT2D eigenvalue weighted by Crippen LogP contribution is 2.42. The van der Waals surface area contributed by atoms with Gasteiger partial charge < -0.3 is 24.1 Å². The lowest BCUT2D eigenvalue weighted by Gasteiger charge is -2.19. The van der Waals surface area contributed by atoms with Crippen LogP contribution in [0.15, 0.2) is 66.0 Å². The molecule has 0 amide bonds. The van der Waals surface area contributed by atoms with Gasteiger partial charge >= 0.3 is 0 Å². The summed E-state index contributed by atoms with van der Waals surface area (Å²) >= 11 is 0. The normalized spacial score (nSPS) is 15.0. The topological polar surface area (TPSA) is 155 Å². The van der Waals surface area contributed by atoms with E-state index in [1.54, 1.807) is 42.5 Å². The fourth-order valence-corrected chi connectivity index (χ4v) is 5.29. The first-order valence-corrected chi connectivity index (χ1v) is 15.3. The maximum atomic E-state index is 13.6. The minimum Gasteiger partial charge on any atom is -0.493 e. The van der Waals surface area contributed by atoms with Gasteiger partial charge in [-0.3, -0.25) is 9.71 Å². The number of aliphatic hydroxyl groups excluding tert-OH is 1. The van der Waals surface area contributed by atoms with Gasteiger partial charge in [0, 0.05) is 24.6 Å². The predicted octanol–water partition coefficient (Wildman–Crippen LogP) is 4.71. The Labute approximate surface area is 250 Å². The van der Waals surface area contributed by atoms with Crippen LogP contribution in [0, 0.1) is 0 Å². The Bertz CT molecular complexity index is 1660. The van der Waals surface area contributed by atoms with Crippen LogP contribution in [0.4, 0.5) is 5.82 Å². The quantitative estimate of drug-likeness (QED) is 0.230. The number of pyridine rings is 2. The number of nitrogens with zero attached hydrogens (tertiary/aromatic N) is 4. The average molecular weight is 608 g/mol. The van der Waals surface area contributed by atoms with Gasteiger partial charge in [-0.2, -0.15) is 13.4 Å². The summed E-state index contributed by atoms with van der Waals surface area (Å²) in [5.41, 5.74) is 1.75. The standard InChI is InChI=1S/C30H33N5O7S/c1-19(2)21-10-11-26(32-16-21)43(37,38)35-29-27(42-25-9-5-4-8-24(25)39-3)30(41-18-23-7-6-14-40-23)34-28(33-29)20-12-13-31-22(15-20)17-36/h4-5,8-13,15-16,19,23,36H,6-7,14,17-18H2,1-3H3,(H,33,34,35). The molecular formula is C30H33N5O7S. The van der Waals surface area contributed by atoms with Crippen LogP contribution in [0.25, 0.3) is 11.4 Å². The molecule has 12 nitrogen and oxygen atoms in total. The van der Waals surface area contributed by atoms with Gasteiger partial charge in [0.25, 0.3) is 15.9 Å². The first kappa shape index (κ1) is 30.1. The van der Waals surface area contributed by atoms with Gasteiger partial charge in [-0.1, -0.05) is 32.0 Å². The summed E-state index contributed by atoms with van der Waals surface area (Å²) in [4.78, 5) is 17.5. The van der Waals surface area contributed by atoms with Gasteiger partial charge in [0.15, 0.2) is 28.2 Å². The highest BCUT2D eigenvalue weighted by Gasteiger charge is 2.27. The molecule has 4 heterocycles. The number of aliphatic hydroxyl groups is 1. The van der Waals surface area contributed by atoms with Crippen molar-refractivity contribution in [3.8, 4) is 34.5 Å². The van der Waals surface area contributed by atoms with Crippen LogP contribution in [0.2, 0.25) is 0 Å². The number of para-hydroxylation sites is 2. The minimum atomic E-state index is -4.24. The van der Waals surface area contributed by atoms with Gasteiger partial charge in [-0.25, -0.2) is 9.97 Å². The molecule has 226 valence electrons. The number of sulfonamides is 1. The fourth-order valence-electron chi connectivity index (χ4n) is 4.35. The Morgan fingerprint density at radius 2 is 1.91 bits per heavy atom. The third kappa shape index (κ3) is 7.19. The third-order valence-electron chi connectivity index (χ3n) is 6.71. The summed E-state index contributed by atoms with van der Waals surface area (Å²) < 4.78 is 53.3. The molecule has 3 aromatic heterocycles. The highest BCUT2D eigenvalue weighted by atomic mass is 32.2. The molecule has 2 N–H and O–H groups in total. The van der Waals surface area contributed by atoms with Crippen LogP contribution in [-0.2, 0) is 21.4 Å². The molecule has 1 atom stereocenters. The molecule has 43 heavy (non-hydrogen) atoms. The largest absolute Gasteiger partial charge is 0.493 e. The summed E-state index contributed by atoms with van der Waals surface area (Å²) in [5, 5.41) is 9.44. The molecule has 0 saturated carbocycles. The molecule has 1 aromatic carbocycles. The van der Waals surface area contributed by atoms with Crippen molar-refractivity contribution in [3.63, 3.8) is 0 Å². The molecule has 1 fully saturated rings. The number of hydrogen-bond donors (Lipinski definition) is 2. The molecule has 4 aromatic rings. The molecule has 0 aliphatic carbocycles. The van der Waals surface area contributed by atoms with Gasteiger partial charge in [0.05, 0.1) is 25.5 Å². The van der Waals surface area contributed by atoms with Crippen LogP contribution in [-0.4, -0.2) is 59.9 Å². The Hall–Kier alpha value is -4.33.